The lowest BCUT2D eigenvalue weighted by Gasteiger charge is -2.33. The van der Waals surface area contributed by atoms with Crippen LogP contribution in [-0.2, 0) is 14.3 Å². The van der Waals surface area contributed by atoms with Crippen molar-refractivity contribution in [3.8, 4) is 0 Å². The molecule has 3 fully saturated rings. The lowest BCUT2D eigenvalue weighted by atomic mass is 9.96. The van der Waals surface area contributed by atoms with Crippen LogP contribution in [0.15, 0.2) is 0 Å². The normalized spacial score (nSPS) is 27.2. The average molecular weight is 282 g/mol. The van der Waals surface area contributed by atoms with Gasteiger partial charge >= 0.3 is 0 Å². The number of rotatable bonds is 4. The second-order valence-corrected chi connectivity index (χ2v) is 6.27. The fourth-order valence-electron chi connectivity index (χ4n) is 3.58. The maximum Gasteiger partial charge on any atom is 0.234 e. The summed E-state index contributed by atoms with van der Waals surface area (Å²) in [6, 6.07) is 0.431. The summed E-state index contributed by atoms with van der Waals surface area (Å²) in [7, 11) is 0. The van der Waals surface area contributed by atoms with Crippen molar-refractivity contribution in [1.29, 1.82) is 0 Å². The fourth-order valence-corrected chi connectivity index (χ4v) is 3.58. The van der Waals surface area contributed by atoms with E-state index in [0.29, 0.717) is 18.5 Å². The van der Waals surface area contributed by atoms with Crippen molar-refractivity contribution in [3.63, 3.8) is 0 Å². The van der Waals surface area contributed by atoms with Crippen LogP contribution < -0.4 is 5.32 Å². The lowest BCUT2D eigenvalue weighted by molar-refractivity contribution is -0.124. The van der Waals surface area contributed by atoms with Crippen LogP contribution in [0.2, 0.25) is 0 Å². The van der Waals surface area contributed by atoms with Crippen molar-refractivity contribution in [3.05, 3.63) is 0 Å². The molecular formula is C15H26N2O3. The van der Waals surface area contributed by atoms with E-state index in [4.69, 9.17) is 9.47 Å². The van der Waals surface area contributed by atoms with Crippen molar-refractivity contribution in [2.75, 3.05) is 32.8 Å². The molecule has 1 saturated carbocycles. The van der Waals surface area contributed by atoms with Gasteiger partial charge in [0.2, 0.25) is 5.91 Å². The van der Waals surface area contributed by atoms with Gasteiger partial charge in [-0.05, 0) is 38.8 Å². The van der Waals surface area contributed by atoms with E-state index < -0.39 is 0 Å². The smallest absolute Gasteiger partial charge is 0.234 e. The van der Waals surface area contributed by atoms with Crippen molar-refractivity contribution in [2.45, 2.75) is 50.9 Å². The highest BCUT2D eigenvalue weighted by Crippen LogP contribution is 2.25. The minimum Gasteiger partial charge on any atom is -0.352 e. The first-order valence-corrected chi connectivity index (χ1v) is 8.06. The van der Waals surface area contributed by atoms with Crippen molar-refractivity contribution in [1.82, 2.24) is 10.2 Å². The van der Waals surface area contributed by atoms with E-state index in [-0.39, 0.29) is 12.2 Å². The van der Waals surface area contributed by atoms with Crippen molar-refractivity contribution >= 4 is 5.91 Å². The molecule has 20 heavy (non-hydrogen) atoms. The van der Waals surface area contributed by atoms with Crippen LogP contribution in [0.3, 0.4) is 0 Å². The third-order valence-corrected chi connectivity index (χ3v) is 4.75. The molecule has 3 aliphatic rings. The summed E-state index contributed by atoms with van der Waals surface area (Å²) in [5, 5.41) is 3.16. The Morgan fingerprint density at radius 2 is 1.70 bits per heavy atom. The van der Waals surface area contributed by atoms with E-state index in [1.165, 1.54) is 12.8 Å². The van der Waals surface area contributed by atoms with Gasteiger partial charge in [0.1, 0.15) is 0 Å². The molecule has 5 nitrogen and oxygen atoms in total. The van der Waals surface area contributed by atoms with Gasteiger partial charge in [-0.1, -0.05) is 12.8 Å². The first-order chi connectivity index (χ1) is 9.81. The second-order valence-electron chi connectivity index (χ2n) is 6.27. The standard InChI is InChI=1S/C15H26N2O3/c18-14(16-13-3-1-2-4-13)11-17-7-5-12(6-8-17)15-19-9-10-20-15/h12-13,15H,1-11H2,(H,16,18). The Hall–Kier alpha value is -0.650. The number of ether oxygens (including phenoxy) is 2. The minimum atomic E-state index is 0.00413. The summed E-state index contributed by atoms with van der Waals surface area (Å²) in [6.45, 7) is 3.97. The van der Waals surface area contributed by atoms with Gasteiger partial charge in [0, 0.05) is 12.0 Å². The zero-order valence-electron chi connectivity index (χ0n) is 12.2. The van der Waals surface area contributed by atoms with E-state index in [1.54, 1.807) is 0 Å². The maximum absolute atomic E-state index is 12.0. The third kappa shape index (κ3) is 3.71. The van der Waals surface area contributed by atoms with Crippen LogP contribution in [0, 0.1) is 5.92 Å². The number of carbonyl (C=O) groups is 1. The molecule has 0 unspecified atom stereocenters. The molecule has 0 aromatic rings. The molecule has 1 aliphatic carbocycles. The minimum absolute atomic E-state index is 0.00413. The molecule has 1 amide bonds. The van der Waals surface area contributed by atoms with Gasteiger partial charge in [-0.15, -0.1) is 0 Å². The van der Waals surface area contributed by atoms with Crippen LogP contribution in [0.1, 0.15) is 38.5 Å². The van der Waals surface area contributed by atoms with Crippen molar-refractivity contribution in [2.24, 2.45) is 5.92 Å². The topological polar surface area (TPSA) is 50.8 Å². The van der Waals surface area contributed by atoms with Gasteiger partial charge in [-0.3, -0.25) is 9.69 Å². The summed E-state index contributed by atoms with van der Waals surface area (Å²) >= 11 is 0. The fraction of sp³-hybridized carbons (Fsp3) is 0.933. The highest BCUT2D eigenvalue weighted by molar-refractivity contribution is 5.78. The Morgan fingerprint density at radius 3 is 2.35 bits per heavy atom. The number of carbonyl (C=O) groups excluding carboxylic acids is 1. The Balaban J connectivity index is 1.36. The second kappa shape index (κ2) is 6.87. The first kappa shape index (κ1) is 14.3. The Bertz CT molecular complexity index is 317. The van der Waals surface area contributed by atoms with Gasteiger partial charge < -0.3 is 14.8 Å². The van der Waals surface area contributed by atoms with Gasteiger partial charge in [0.05, 0.1) is 19.8 Å². The van der Waals surface area contributed by atoms with Crippen LogP contribution in [0.25, 0.3) is 0 Å². The Kier molecular flexibility index (Phi) is 4.91. The molecule has 1 N–H and O–H groups in total. The quantitative estimate of drug-likeness (QED) is 0.840. The highest BCUT2D eigenvalue weighted by Gasteiger charge is 2.31. The number of hydrogen-bond donors (Lipinski definition) is 1. The molecule has 0 atom stereocenters. The summed E-state index contributed by atoms with van der Waals surface area (Å²) in [5.41, 5.74) is 0. The molecule has 0 spiro atoms. The maximum atomic E-state index is 12.0. The average Bonchev–Trinajstić information content (AvgIpc) is 3.12. The monoisotopic (exact) mass is 282 g/mol. The Labute approximate surface area is 121 Å². The van der Waals surface area contributed by atoms with E-state index in [1.807, 2.05) is 0 Å². The van der Waals surface area contributed by atoms with E-state index in [2.05, 4.69) is 10.2 Å². The summed E-state index contributed by atoms with van der Waals surface area (Å²) in [5.74, 6) is 0.704. The molecule has 3 rings (SSSR count). The molecule has 2 aliphatic heterocycles. The molecular weight excluding hydrogens is 256 g/mol. The van der Waals surface area contributed by atoms with Crippen LogP contribution in [0.4, 0.5) is 0 Å². The summed E-state index contributed by atoms with van der Waals surface area (Å²) in [4.78, 5) is 14.3. The Morgan fingerprint density at radius 1 is 1.05 bits per heavy atom. The zero-order chi connectivity index (χ0) is 13.8. The lowest BCUT2D eigenvalue weighted by Crippen LogP contribution is -2.45. The number of nitrogens with one attached hydrogen (secondary N) is 1. The molecule has 0 bridgehead atoms. The van der Waals surface area contributed by atoms with Crippen LogP contribution in [-0.4, -0.2) is 56.0 Å². The van der Waals surface area contributed by atoms with E-state index in [9.17, 15) is 4.79 Å². The van der Waals surface area contributed by atoms with Gasteiger partial charge in [-0.2, -0.15) is 0 Å². The molecule has 2 saturated heterocycles. The highest BCUT2D eigenvalue weighted by atomic mass is 16.7. The largest absolute Gasteiger partial charge is 0.352 e. The van der Waals surface area contributed by atoms with Crippen molar-refractivity contribution < 1.29 is 14.3 Å². The van der Waals surface area contributed by atoms with Gasteiger partial charge in [-0.25, -0.2) is 0 Å². The molecule has 5 heteroatoms. The summed E-state index contributed by atoms with van der Waals surface area (Å²) < 4.78 is 11.2. The number of nitrogens with zero attached hydrogens (tertiary/aromatic N) is 1. The SMILES string of the molecule is O=C(CN1CCC(C2OCCO2)CC1)NC1CCCC1. The molecule has 114 valence electrons. The zero-order valence-corrected chi connectivity index (χ0v) is 12.2. The van der Waals surface area contributed by atoms with E-state index in [0.717, 1.165) is 52.0 Å². The van der Waals surface area contributed by atoms with Crippen LogP contribution in [0.5, 0.6) is 0 Å². The third-order valence-electron chi connectivity index (χ3n) is 4.75. The number of amides is 1. The number of likely N-dealkylation sites (tertiary alicyclic amines) is 1. The molecule has 0 aromatic heterocycles. The van der Waals surface area contributed by atoms with Gasteiger partial charge in [0.25, 0.3) is 0 Å². The van der Waals surface area contributed by atoms with E-state index >= 15 is 0 Å². The number of hydrogen-bond acceptors (Lipinski definition) is 4. The number of piperidine rings is 1. The first-order valence-electron chi connectivity index (χ1n) is 8.06. The van der Waals surface area contributed by atoms with Gasteiger partial charge in [0.15, 0.2) is 6.29 Å². The molecule has 0 radical (unpaired) electrons. The molecule has 0 aromatic carbocycles. The predicted octanol–water partition coefficient (Wildman–Crippen LogP) is 1.13. The summed E-state index contributed by atoms with van der Waals surface area (Å²) in [6.07, 6.45) is 6.98. The molecule has 2 heterocycles. The predicted molar refractivity (Wildman–Crippen MR) is 75.3 cm³/mol. The van der Waals surface area contributed by atoms with Crippen LogP contribution >= 0.6 is 0 Å².